The van der Waals surface area contributed by atoms with E-state index in [0.717, 1.165) is 24.8 Å². The number of hydrogen-bond acceptors (Lipinski definition) is 2. The molecule has 1 N–H and O–H groups in total. The molecule has 16 heavy (non-hydrogen) atoms. The molecule has 0 aliphatic heterocycles. The Morgan fingerprint density at radius 2 is 2.00 bits per heavy atom. The third-order valence-corrected chi connectivity index (χ3v) is 3.76. The maximum Gasteiger partial charge on any atom is 0.211 e. The number of nitrogens with one attached hydrogen (secondary N) is 1. The molecule has 0 amide bonds. The summed E-state index contributed by atoms with van der Waals surface area (Å²) in [5.41, 5.74) is 1.12. The second kappa shape index (κ2) is 6.66. The van der Waals surface area contributed by atoms with Gasteiger partial charge in [0.25, 0.3) is 0 Å². The highest BCUT2D eigenvalue weighted by molar-refractivity contribution is 7.89. The first-order valence-electron chi connectivity index (χ1n) is 5.56. The molecule has 0 saturated carbocycles. The van der Waals surface area contributed by atoms with E-state index >= 15 is 0 Å². The Kier molecular flexibility index (Phi) is 5.49. The predicted octanol–water partition coefficient (Wildman–Crippen LogP) is 1.75. The fraction of sp³-hybridized carbons (Fsp3) is 0.500. The van der Waals surface area contributed by atoms with Crippen LogP contribution in [0.25, 0.3) is 0 Å². The Labute approximate surface area is 97.9 Å². The third kappa shape index (κ3) is 5.28. The Hall–Kier alpha value is -0.870. The third-order valence-electron chi connectivity index (χ3n) is 2.29. The van der Waals surface area contributed by atoms with Gasteiger partial charge in [-0.2, -0.15) is 0 Å². The van der Waals surface area contributed by atoms with E-state index in [1.807, 2.05) is 31.2 Å². The topological polar surface area (TPSA) is 46.2 Å². The summed E-state index contributed by atoms with van der Waals surface area (Å²) in [6.07, 6.45) is 2.34. The molecule has 0 unspecified atom stereocenters. The zero-order chi connectivity index (χ0) is 11.9. The summed E-state index contributed by atoms with van der Waals surface area (Å²) < 4.78 is 25.5. The van der Waals surface area contributed by atoms with Crippen molar-refractivity contribution >= 4 is 10.0 Å². The lowest BCUT2D eigenvalue weighted by molar-refractivity contribution is 0.578. The largest absolute Gasteiger partial charge is 0.215 e. The summed E-state index contributed by atoms with van der Waals surface area (Å²) in [7, 11) is -3.07. The first-order valence-corrected chi connectivity index (χ1v) is 7.21. The van der Waals surface area contributed by atoms with E-state index in [1.165, 1.54) is 0 Å². The smallest absolute Gasteiger partial charge is 0.211 e. The minimum absolute atomic E-state index is 0.228. The van der Waals surface area contributed by atoms with Gasteiger partial charge in [0, 0.05) is 6.54 Å². The van der Waals surface area contributed by atoms with E-state index in [9.17, 15) is 8.42 Å². The lowest BCUT2D eigenvalue weighted by atomic mass is 10.2. The maximum atomic E-state index is 11.5. The van der Waals surface area contributed by atoms with Crippen molar-refractivity contribution in [1.82, 2.24) is 4.72 Å². The first kappa shape index (κ1) is 13.2. The van der Waals surface area contributed by atoms with Gasteiger partial charge in [-0.05, 0) is 24.5 Å². The minimum atomic E-state index is -3.07. The zero-order valence-electron chi connectivity index (χ0n) is 9.57. The van der Waals surface area contributed by atoms with E-state index in [-0.39, 0.29) is 5.75 Å². The molecule has 0 saturated heterocycles. The van der Waals surface area contributed by atoms with Crippen molar-refractivity contribution in [3.63, 3.8) is 0 Å². The molecular formula is C12H18NO2S. The quantitative estimate of drug-likeness (QED) is 0.789. The molecule has 0 bridgehead atoms. The maximum absolute atomic E-state index is 11.5. The predicted molar refractivity (Wildman–Crippen MR) is 65.7 cm³/mol. The van der Waals surface area contributed by atoms with Crippen LogP contribution >= 0.6 is 0 Å². The van der Waals surface area contributed by atoms with E-state index < -0.39 is 10.0 Å². The van der Waals surface area contributed by atoms with Gasteiger partial charge in [-0.1, -0.05) is 37.6 Å². The first-order chi connectivity index (χ1) is 7.64. The Morgan fingerprint density at radius 1 is 1.31 bits per heavy atom. The summed E-state index contributed by atoms with van der Waals surface area (Å²) in [4.78, 5) is 0. The molecule has 0 heterocycles. The van der Waals surface area contributed by atoms with Gasteiger partial charge in [0.05, 0.1) is 5.75 Å². The number of sulfonamides is 1. The lowest BCUT2D eigenvalue weighted by Gasteiger charge is -2.05. The van der Waals surface area contributed by atoms with Gasteiger partial charge in [-0.3, -0.25) is 0 Å². The Bertz CT molecular complexity index is 387. The van der Waals surface area contributed by atoms with Gasteiger partial charge in [0.2, 0.25) is 10.0 Å². The van der Waals surface area contributed by atoms with E-state index in [2.05, 4.69) is 10.8 Å². The second-order valence-corrected chi connectivity index (χ2v) is 5.65. The summed E-state index contributed by atoms with van der Waals surface area (Å²) in [5, 5.41) is 0. The van der Waals surface area contributed by atoms with Crippen molar-refractivity contribution in [1.29, 1.82) is 0 Å². The van der Waals surface area contributed by atoms with Crippen LogP contribution < -0.4 is 4.72 Å². The highest BCUT2D eigenvalue weighted by Crippen LogP contribution is 1.99. The van der Waals surface area contributed by atoms with Crippen LogP contribution in [0.1, 0.15) is 25.3 Å². The van der Waals surface area contributed by atoms with E-state index in [4.69, 9.17) is 0 Å². The molecule has 0 fully saturated rings. The van der Waals surface area contributed by atoms with Crippen LogP contribution in [0.2, 0.25) is 0 Å². The summed E-state index contributed by atoms with van der Waals surface area (Å²) in [6, 6.07) is 10.5. The van der Waals surface area contributed by atoms with Crippen LogP contribution in [0.4, 0.5) is 0 Å². The van der Waals surface area contributed by atoms with Crippen LogP contribution in [0, 0.1) is 6.07 Å². The van der Waals surface area contributed by atoms with Crippen molar-refractivity contribution in [3.8, 4) is 0 Å². The Balaban J connectivity index is 2.30. The average Bonchev–Trinajstić information content (AvgIpc) is 2.28. The molecule has 3 nitrogen and oxygen atoms in total. The van der Waals surface area contributed by atoms with Gasteiger partial charge in [-0.15, -0.1) is 0 Å². The van der Waals surface area contributed by atoms with Gasteiger partial charge in [0.1, 0.15) is 0 Å². The number of hydrogen-bond donors (Lipinski definition) is 1. The lowest BCUT2D eigenvalue weighted by Crippen LogP contribution is -2.28. The highest BCUT2D eigenvalue weighted by Gasteiger charge is 2.07. The minimum Gasteiger partial charge on any atom is -0.215 e. The molecular weight excluding hydrogens is 222 g/mol. The molecule has 0 aliphatic carbocycles. The summed E-state index contributed by atoms with van der Waals surface area (Å²) in [6.45, 7) is 2.45. The van der Waals surface area contributed by atoms with Crippen molar-refractivity contribution in [2.45, 2.75) is 26.2 Å². The normalized spacial score (nSPS) is 11.6. The zero-order valence-corrected chi connectivity index (χ0v) is 10.4. The van der Waals surface area contributed by atoms with Gasteiger partial charge in [-0.25, -0.2) is 13.1 Å². The number of unbranched alkanes of at least 4 members (excludes halogenated alkanes) is 1. The Morgan fingerprint density at radius 3 is 2.62 bits per heavy atom. The number of benzene rings is 1. The molecule has 0 aromatic heterocycles. The second-order valence-electron chi connectivity index (χ2n) is 3.73. The molecule has 1 radical (unpaired) electrons. The molecule has 89 valence electrons. The molecule has 0 aliphatic rings. The molecule has 1 rings (SSSR count). The van der Waals surface area contributed by atoms with Crippen molar-refractivity contribution in [2.75, 3.05) is 12.3 Å². The molecule has 1 aromatic rings. The SMILES string of the molecule is CCCCS(=O)(=O)NCCc1cc[c]cc1. The van der Waals surface area contributed by atoms with Crippen molar-refractivity contribution in [3.05, 3.63) is 35.9 Å². The molecule has 0 atom stereocenters. The van der Waals surface area contributed by atoms with E-state index in [0.29, 0.717) is 6.54 Å². The highest BCUT2D eigenvalue weighted by atomic mass is 32.2. The van der Waals surface area contributed by atoms with Gasteiger partial charge < -0.3 is 0 Å². The van der Waals surface area contributed by atoms with Gasteiger partial charge >= 0.3 is 0 Å². The summed E-state index contributed by atoms with van der Waals surface area (Å²) in [5.74, 6) is 0.228. The molecule has 1 aromatic carbocycles. The van der Waals surface area contributed by atoms with Crippen LogP contribution in [0.15, 0.2) is 24.3 Å². The fourth-order valence-corrected chi connectivity index (χ4v) is 2.57. The van der Waals surface area contributed by atoms with Crippen LogP contribution in [0.5, 0.6) is 0 Å². The molecule has 4 heteroatoms. The van der Waals surface area contributed by atoms with Crippen LogP contribution in [-0.2, 0) is 16.4 Å². The fourth-order valence-electron chi connectivity index (χ4n) is 1.35. The van der Waals surface area contributed by atoms with E-state index in [1.54, 1.807) is 0 Å². The average molecular weight is 240 g/mol. The van der Waals surface area contributed by atoms with Crippen molar-refractivity contribution in [2.24, 2.45) is 0 Å². The number of rotatable bonds is 7. The molecule has 0 spiro atoms. The standard InChI is InChI=1S/C12H18NO2S/c1-2-3-11-16(14,15)13-10-9-12-7-5-4-6-8-12/h5-8,13H,2-3,9-11H2,1H3. The van der Waals surface area contributed by atoms with Crippen LogP contribution in [0.3, 0.4) is 0 Å². The van der Waals surface area contributed by atoms with Crippen LogP contribution in [-0.4, -0.2) is 20.7 Å². The monoisotopic (exact) mass is 240 g/mol. The van der Waals surface area contributed by atoms with Gasteiger partial charge in [0.15, 0.2) is 0 Å². The summed E-state index contributed by atoms with van der Waals surface area (Å²) >= 11 is 0. The van der Waals surface area contributed by atoms with Crippen molar-refractivity contribution < 1.29 is 8.42 Å².